The molecule has 3 aromatic carbocycles. The normalized spacial score (nSPS) is 11.2. The minimum Gasteiger partial charge on any atom is -0.491 e. The van der Waals surface area contributed by atoms with Gasteiger partial charge in [-0.15, -0.1) is 0 Å². The number of hydrogen-bond acceptors (Lipinski definition) is 4. The van der Waals surface area contributed by atoms with Crippen LogP contribution in [0.1, 0.15) is 29.2 Å². The lowest BCUT2D eigenvalue weighted by Gasteiger charge is -2.26. The van der Waals surface area contributed by atoms with Crippen molar-refractivity contribution in [3.05, 3.63) is 89.0 Å². The molecule has 3 aromatic rings. The number of aryl methyl sites for hydroxylation is 4. The van der Waals surface area contributed by atoms with Crippen LogP contribution < -0.4 is 14.4 Å². The van der Waals surface area contributed by atoms with Gasteiger partial charge in [0.25, 0.3) is 10.0 Å². The van der Waals surface area contributed by atoms with Crippen LogP contribution in [0.2, 0.25) is 0 Å². The standard InChI is InChI=1S/C27H32N2O4S/c1-5-23-8-6-7-9-25(23)29(34(31,32)24-14-11-20(2)12-15-24)19-27(30)28-16-17-33-26-18-21(3)10-13-22(26)4/h6-15,18H,5,16-17,19H2,1-4H3,(H,28,30). The zero-order valence-electron chi connectivity index (χ0n) is 20.2. The fourth-order valence-electron chi connectivity index (χ4n) is 3.59. The minimum atomic E-state index is -3.94. The molecule has 1 amide bonds. The highest BCUT2D eigenvalue weighted by atomic mass is 32.2. The SMILES string of the molecule is CCc1ccccc1N(CC(=O)NCCOc1cc(C)ccc1C)S(=O)(=O)c1ccc(C)cc1. The van der Waals surface area contributed by atoms with E-state index in [9.17, 15) is 13.2 Å². The van der Waals surface area contributed by atoms with Gasteiger partial charge in [-0.1, -0.05) is 55.0 Å². The van der Waals surface area contributed by atoms with Crippen molar-refractivity contribution in [2.75, 3.05) is 24.0 Å². The second-order valence-corrected chi connectivity index (χ2v) is 10.1. The molecule has 0 spiro atoms. The van der Waals surface area contributed by atoms with Crippen LogP contribution in [-0.2, 0) is 21.2 Å². The van der Waals surface area contributed by atoms with Crippen LogP contribution in [0.4, 0.5) is 5.69 Å². The van der Waals surface area contributed by atoms with Gasteiger partial charge in [-0.05, 0) is 68.1 Å². The Morgan fingerprint density at radius 2 is 1.62 bits per heavy atom. The maximum absolute atomic E-state index is 13.6. The quantitative estimate of drug-likeness (QED) is 0.432. The highest BCUT2D eigenvalue weighted by Crippen LogP contribution is 2.27. The maximum Gasteiger partial charge on any atom is 0.264 e. The number of anilines is 1. The summed E-state index contributed by atoms with van der Waals surface area (Å²) < 4.78 is 34.1. The van der Waals surface area contributed by atoms with E-state index in [1.165, 1.54) is 4.31 Å². The van der Waals surface area contributed by atoms with Gasteiger partial charge < -0.3 is 10.1 Å². The topological polar surface area (TPSA) is 75.7 Å². The van der Waals surface area contributed by atoms with Crippen molar-refractivity contribution in [1.29, 1.82) is 0 Å². The average Bonchev–Trinajstić information content (AvgIpc) is 2.82. The molecule has 0 aliphatic heterocycles. The predicted molar refractivity (Wildman–Crippen MR) is 136 cm³/mol. The molecule has 34 heavy (non-hydrogen) atoms. The number of nitrogens with zero attached hydrogens (tertiary/aromatic N) is 1. The lowest BCUT2D eigenvalue weighted by atomic mass is 10.1. The summed E-state index contributed by atoms with van der Waals surface area (Å²) in [5, 5.41) is 2.79. The highest BCUT2D eigenvalue weighted by Gasteiger charge is 2.28. The van der Waals surface area contributed by atoms with Gasteiger partial charge in [0.2, 0.25) is 5.91 Å². The van der Waals surface area contributed by atoms with E-state index in [1.54, 1.807) is 36.4 Å². The Hall–Kier alpha value is -3.32. The summed E-state index contributed by atoms with van der Waals surface area (Å²) >= 11 is 0. The van der Waals surface area contributed by atoms with E-state index in [2.05, 4.69) is 5.32 Å². The van der Waals surface area contributed by atoms with Crippen LogP contribution >= 0.6 is 0 Å². The van der Waals surface area contributed by atoms with Crippen molar-refractivity contribution >= 4 is 21.6 Å². The van der Waals surface area contributed by atoms with E-state index in [4.69, 9.17) is 4.74 Å². The summed E-state index contributed by atoms with van der Waals surface area (Å²) in [6.07, 6.45) is 0.640. The van der Waals surface area contributed by atoms with Crippen LogP contribution in [0.25, 0.3) is 0 Å². The van der Waals surface area contributed by atoms with Crippen LogP contribution in [0.5, 0.6) is 5.75 Å². The Morgan fingerprint density at radius 3 is 2.32 bits per heavy atom. The Morgan fingerprint density at radius 1 is 0.941 bits per heavy atom. The van der Waals surface area contributed by atoms with Gasteiger partial charge in [-0.2, -0.15) is 0 Å². The van der Waals surface area contributed by atoms with Crippen LogP contribution in [0.3, 0.4) is 0 Å². The summed E-state index contributed by atoms with van der Waals surface area (Å²) in [6.45, 7) is 8.04. The molecule has 0 bridgehead atoms. The third-order valence-corrected chi connectivity index (χ3v) is 7.34. The molecule has 0 atom stereocenters. The first kappa shape index (κ1) is 25.3. The summed E-state index contributed by atoms with van der Waals surface area (Å²) in [6, 6.07) is 19.9. The van der Waals surface area contributed by atoms with Gasteiger partial charge in [0.1, 0.15) is 18.9 Å². The molecule has 1 N–H and O–H groups in total. The largest absolute Gasteiger partial charge is 0.491 e. The average molecular weight is 481 g/mol. The van der Waals surface area contributed by atoms with Gasteiger partial charge in [0.15, 0.2) is 0 Å². The Bertz CT molecular complexity index is 1240. The summed E-state index contributed by atoms with van der Waals surface area (Å²) in [7, 11) is -3.94. The molecule has 0 aliphatic rings. The van der Waals surface area contributed by atoms with Crippen LogP contribution in [0.15, 0.2) is 71.6 Å². The molecule has 0 heterocycles. The number of carbonyl (C=O) groups is 1. The Balaban J connectivity index is 1.75. The zero-order valence-corrected chi connectivity index (χ0v) is 21.0. The van der Waals surface area contributed by atoms with Crippen LogP contribution in [0, 0.1) is 20.8 Å². The fraction of sp³-hybridized carbons (Fsp3) is 0.296. The van der Waals surface area contributed by atoms with Crippen molar-refractivity contribution in [3.8, 4) is 5.75 Å². The van der Waals surface area contributed by atoms with Gasteiger partial charge >= 0.3 is 0 Å². The second-order valence-electron chi connectivity index (χ2n) is 8.27. The minimum absolute atomic E-state index is 0.148. The molecule has 6 nitrogen and oxygen atoms in total. The molecule has 0 fully saturated rings. The van der Waals surface area contributed by atoms with E-state index >= 15 is 0 Å². The zero-order chi connectivity index (χ0) is 24.7. The van der Waals surface area contributed by atoms with E-state index in [0.29, 0.717) is 12.1 Å². The molecule has 180 valence electrons. The first-order chi connectivity index (χ1) is 16.2. The molecular formula is C27H32N2O4S. The molecule has 7 heteroatoms. The fourth-order valence-corrected chi connectivity index (χ4v) is 5.05. The number of carbonyl (C=O) groups excluding carboxylic acids is 1. The van der Waals surface area contributed by atoms with Gasteiger partial charge in [-0.3, -0.25) is 9.10 Å². The number of sulfonamides is 1. The van der Waals surface area contributed by atoms with Gasteiger partial charge in [0, 0.05) is 0 Å². The third-order valence-electron chi connectivity index (χ3n) is 5.56. The number of ether oxygens (including phenoxy) is 1. The molecule has 0 unspecified atom stereocenters. The van der Waals surface area contributed by atoms with E-state index < -0.39 is 15.9 Å². The Labute approximate surface area is 202 Å². The third kappa shape index (κ3) is 6.17. The smallest absolute Gasteiger partial charge is 0.264 e. The highest BCUT2D eigenvalue weighted by molar-refractivity contribution is 7.92. The predicted octanol–water partition coefficient (Wildman–Crippen LogP) is 4.56. The van der Waals surface area contributed by atoms with E-state index in [1.807, 2.05) is 58.0 Å². The first-order valence-electron chi connectivity index (χ1n) is 11.4. The molecule has 0 aromatic heterocycles. The van der Waals surface area contributed by atoms with E-state index in [-0.39, 0.29) is 24.6 Å². The molecule has 3 rings (SSSR count). The lowest BCUT2D eigenvalue weighted by Crippen LogP contribution is -2.42. The van der Waals surface area contributed by atoms with Crippen molar-refractivity contribution < 1.29 is 17.9 Å². The summed E-state index contributed by atoms with van der Waals surface area (Å²) in [5.41, 5.74) is 4.43. The molecule has 0 aliphatic carbocycles. The van der Waals surface area contributed by atoms with Crippen molar-refractivity contribution in [2.45, 2.75) is 39.0 Å². The molecule has 0 saturated carbocycles. The number of para-hydroxylation sites is 1. The molecular weight excluding hydrogens is 448 g/mol. The monoisotopic (exact) mass is 480 g/mol. The van der Waals surface area contributed by atoms with Crippen molar-refractivity contribution in [2.24, 2.45) is 0 Å². The summed E-state index contributed by atoms with van der Waals surface area (Å²) in [4.78, 5) is 13.0. The Kier molecular flexibility index (Phi) is 8.34. The van der Waals surface area contributed by atoms with Crippen LogP contribution in [-0.4, -0.2) is 34.0 Å². The first-order valence-corrected chi connectivity index (χ1v) is 12.8. The number of benzene rings is 3. The maximum atomic E-state index is 13.6. The van der Waals surface area contributed by atoms with E-state index in [0.717, 1.165) is 28.0 Å². The molecule has 0 saturated heterocycles. The number of hydrogen-bond donors (Lipinski definition) is 1. The second kappa shape index (κ2) is 11.2. The number of rotatable bonds is 10. The number of amides is 1. The number of nitrogens with one attached hydrogen (secondary N) is 1. The van der Waals surface area contributed by atoms with Gasteiger partial charge in [0.05, 0.1) is 17.1 Å². The van der Waals surface area contributed by atoms with Crippen molar-refractivity contribution in [3.63, 3.8) is 0 Å². The lowest BCUT2D eigenvalue weighted by molar-refractivity contribution is -0.119. The summed E-state index contributed by atoms with van der Waals surface area (Å²) in [5.74, 6) is 0.376. The molecule has 0 radical (unpaired) electrons. The van der Waals surface area contributed by atoms with Crippen molar-refractivity contribution in [1.82, 2.24) is 5.32 Å². The van der Waals surface area contributed by atoms with Gasteiger partial charge in [-0.25, -0.2) is 8.42 Å².